The fraction of sp³-hybridized carbons (Fsp3) is 0.625. The Morgan fingerprint density at radius 2 is 1.50 bits per heavy atom. The van der Waals surface area contributed by atoms with E-state index in [1.54, 1.807) is 0 Å². The van der Waals surface area contributed by atoms with E-state index in [9.17, 15) is 14.4 Å². The molecule has 0 rings (SSSR count). The van der Waals surface area contributed by atoms with E-state index in [2.05, 4.69) is 0 Å². The van der Waals surface area contributed by atoms with Crippen molar-refractivity contribution < 1.29 is 14.4 Å². The normalized spacial score (nSPS) is 9.25. The molecule has 0 heterocycles. The van der Waals surface area contributed by atoms with Crippen molar-refractivity contribution in [2.75, 3.05) is 0 Å². The molecule has 4 heteroatoms. The smallest absolute Gasteiger partial charge is 0.235 e. The van der Waals surface area contributed by atoms with Crippen LogP contribution in [-0.4, -0.2) is 22.6 Å². The van der Waals surface area contributed by atoms with E-state index in [-0.39, 0.29) is 6.42 Å². The zero-order valence-corrected chi connectivity index (χ0v) is 7.59. The van der Waals surface area contributed by atoms with Gasteiger partial charge in [0.25, 0.3) is 0 Å². The van der Waals surface area contributed by atoms with E-state index in [0.29, 0.717) is 11.3 Å². The van der Waals surface area contributed by atoms with Gasteiger partial charge in [-0.15, -0.1) is 0 Å². The predicted octanol–water partition coefficient (Wildman–Crippen LogP) is 0.708. The van der Waals surface area contributed by atoms with Gasteiger partial charge in [0.05, 0.1) is 0 Å². The van der Waals surface area contributed by atoms with Gasteiger partial charge in [0, 0.05) is 20.3 Å². The number of hydrogen-bond acceptors (Lipinski definition) is 3. The van der Waals surface area contributed by atoms with Crippen molar-refractivity contribution in [2.24, 2.45) is 0 Å². The molecule has 0 aliphatic heterocycles. The second-order valence-corrected chi connectivity index (χ2v) is 2.52. The summed E-state index contributed by atoms with van der Waals surface area (Å²) >= 11 is 0. The Morgan fingerprint density at radius 3 is 1.75 bits per heavy atom. The molecule has 0 unspecified atom stereocenters. The van der Waals surface area contributed by atoms with Crippen LogP contribution in [0.15, 0.2) is 0 Å². The number of carbonyl (C=O) groups is 3. The summed E-state index contributed by atoms with van der Waals surface area (Å²) < 4.78 is 0. The largest absolute Gasteiger partial charge is 0.274 e. The van der Waals surface area contributed by atoms with Gasteiger partial charge in [-0.3, -0.25) is 14.4 Å². The van der Waals surface area contributed by atoms with Crippen molar-refractivity contribution in [2.45, 2.75) is 33.6 Å². The summed E-state index contributed by atoms with van der Waals surface area (Å²) in [6.07, 6.45) is 0.870. The molecule has 0 aromatic carbocycles. The van der Waals surface area contributed by atoms with Gasteiger partial charge in [-0.1, -0.05) is 6.92 Å². The molecular weight excluding hydrogens is 158 g/mol. The van der Waals surface area contributed by atoms with Crippen LogP contribution in [0.3, 0.4) is 0 Å². The first-order valence-corrected chi connectivity index (χ1v) is 3.84. The lowest BCUT2D eigenvalue weighted by Gasteiger charge is -2.13. The van der Waals surface area contributed by atoms with Crippen molar-refractivity contribution in [3.05, 3.63) is 0 Å². The standard InChI is InChI=1S/C8H13NO3/c1-4-5-8(12)9(6(2)10)7(3)11/h4-5H2,1-3H3. The van der Waals surface area contributed by atoms with Crippen LogP contribution in [0.25, 0.3) is 0 Å². The minimum Gasteiger partial charge on any atom is -0.274 e. The summed E-state index contributed by atoms with van der Waals surface area (Å²) in [5, 5.41) is 0. The Hall–Kier alpha value is -1.19. The van der Waals surface area contributed by atoms with Crippen molar-refractivity contribution in [1.29, 1.82) is 0 Å². The van der Waals surface area contributed by atoms with E-state index >= 15 is 0 Å². The molecular formula is C8H13NO3. The monoisotopic (exact) mass is 171 g/mol. The molecule has 0 bridgehead atoms. The summed E-state index contributed by atoms with van der Waals surface area (Å²) in [7, 11) is 0. The Kier molecular flexibility index (Phi) is 4.18. The first kappa shape index (κ1) is 10.8. The van der Waals surface area contributed by atoms with Crippen LogP contribution in [0.1, 0.15) is 33.6 Å². The molecule has 4 nitrogen and oxygen atoms in total. The molecule has 0 aliphatic rings. The molecule has 0 saturated carbocycles. The van der Waals surface area contributed by atoms with Crippen LogP contribution >= 0.6 is 0 Å². The maximum Gasteiger partial charge on any atom is 0.235 e. The molecule has 0 N–H and O–H groups in total. The van der Waals surface area contributed by atoms with Gasteiger partial charge in [0.1, 0.15) is 0 Å². The summed E-state index contributed by atoms with van der Waals surface area (Å²) in [5.74, 6) is -1.44. The molecule has 3 amide bonds. The molecule has 0 atom stereocenters. The first-order chi connectivity index (χ1) is 5.50. The highest BCUT2D eigenvalue weighted by molar-refractivity contribution is 6.09. The molecule has 0 fully saturated rings. The SMILES string of the molecule is CCCC(=O)N(C(C)=O)C(C)=O. The molecule has 0 aliphatic carbocycles. The van der Waals surface area contributed by atoms with Gasteiger partial charge in [-0.05, 0) is 6.42 Å². The minimum atomic E-state index is -0.513. The van der Waals surface area contributed by atoms with Crippen LogP contribution in [0, 0.1) is 0 Å². The first-order valence-electron chi connectivity index (χ1n) is 3.84. The van der Waals surface area contributed by atoms with Crippen LogP contribution in [0.4, 0.5) is 0 Å². The van der Waals surface area contributed by atoms with Gasteiger partial charge in [0.15, 0.2) is 0 Å². The average Bonchev–Trinajstić information content (AvgIpc) is 1.85. The zero-order valence-electron chi connectivity index (χ0n) is 7.59. The molecule has 0 spiro atoms. The van der Waals surface area contributed by atoms with Crippen LogP contribution in [0.5, 0.6) is 0 Å². The van der Waals surface area contributed by atoms with Gasteiger partial charge >= 0.3 is 0 Å². The van der Waals surface area contributed by atoms with Crippen LogP contribution in [-0.2, 0) is 14.4 Å². The van der Waals surface area contributed by atoms with Crippen LogP contribution < -0.4 is 0 Å². The predicted molar refractivity (Wildman–Crippen MR) is 43.1 cm³/mol. The highest BCUT2D eigenvalue weighted by atomic mass is 16.2. The second kappa shape index (κ2) is 4.64. The number of imide groups is 3. The Labute approximate surface area is 71.5 Å². The average molecular weight is 171 g/mol. The van der Waals surface area contributed by atoms with E-state index in [0.717, 1.165) is 0 Å². The highest BCUT2D eigenvalue weighted by Crippen LogP contribution is 1.98. The Morgan fingerprint density at radius 1 is 1.08 bits per heavy atom. The molecule has 0 aromatic rings. The van der Waals surface area contributed by atoms with Crippen molar-refractivity contribution in [3.8, 4) is 0 Å². The number of amides is 3. The summed E-state index contributed by atoms with van der Waals surface area (Å²) in [6, 6.07) is 0. The third-order valence-electron chi connectivity index (χ3n) is 1.34. The minimum absolute atomic E-state index is 0.235. The van der Waals surface area contributed by atoms with E-state index < -0.39 is 17.7 Å². The molecule has 0 saturated heterocycles. The van der Waals surface area contributed by atoms with E-state index in [1.165, 1.54) is 13.8 Å². The van der Waals surface area contributed by atoms with Crippen LogP contribution in [0.2, 0.25) is 0 Å². The molecule has 0 aromatic heterocycles. The summed E-state index contributed by atoms with van der Waals surface area (Å²) in [5.41, 5.74) is 0. The Balaban J connectivity index is 4.41. The number of hydrogen-bond donors (Lipinski definition) is 0. The maximum atomic E-state index is 11.1. The van der Waals surface area contributed by atoms with Gasteiger partial charge < -0.3 is 0 Å². The third kappa shape index (κ3) is 2.82. The van der Waals surface area contributed by atoms with E-state index in [4.69, 9.17) is 0 Å². The molecule has 12 heavy (non-hydrogen) atoms. The maximum absolute atomic E-state index is 11.1. The molecule has 0 radical (unpaired) electrons. The fourth-order valence-electron chi connectivity index (χ4n) is 0.899. The fourth-order valence-corrected chi connectivity index (χ4v) is 0.899. The topological polar surface area (TPSA) is 54.5 Å². The summed E-state index contributed by atoms with van der Waals surface area (Å²) in [6.45, 7) is 4.22. The van der Waals surface area contributed by atoms with Gasteiger partial charge in [-0.25, -0.2) is 4.90 Å². The second-order valence-electron chi connectivity index (χ2n) is 2.52. The lowest BCUT2D eigenvalue weighted by molar-refractivity contribution is -0.152. The van der Waals surface area contributed by atoms with Gasteiger partial charge in [0.2, 0.25) is 17.7 Å². The lowest BCUT2D eigenvalue weighted by Crippen LogP contribution is -2.38. The third-order valence-corrected chi connectivity index (χ3v) is 1.34. The van der Waals surface area contributed by atoms with Crippen molar-refractivity contribution in [3.63, 3.8) is 0 Å². The van der Waals surface area contributed by atoms with E-state index in [1.807, 2.05) is 6.92 Å². The van der Waals surface area contributed by atoms with Crippen molar-refractivity contribution in [1.82, 2.24) is 4.90 Å². The number of carbonyl (C=O) groups excluding carboxylic acids is 3. The van der Waals surface area contributed by atoms with Gasteiger partial charge in [-0.2, -0.15) is 0 Å². The number of nitrogens with zero attached hydrogens (tertiary/aromatic N) is 1. The quantitative estimate of drug-likeness (QED) is 0.614. The summed E-state index contributed by atoms with van der Waals surface area (Å²) in [4.78, 5) is 33.4. The lowest BCUT2D eigenvalue weighted by atomic mass is 10.3. The Bertz CT molecular complexity index is 196. The zero-order chi connectivity index (χ0) is 9.72. The number of rotatable bonds is 2. The highest BCUT2D eigenvalue weighted by Gasteiger charge is 2.20. The van der Waals surface area contributed by atoms with Crippen molar-refractivity contribution >= 4 is 17.7 Å². The molecule has 68 valence electrons.